The first kappa shape index (κ1) is 12.8. The molecule has 0 aliphatic rings. The summed E-state index contributed by atoms with van der Waals surface area (Å²) in [7, 11) is 0. The van der Waals surface area contributed by atoms with E-state index in [9.17, 15) is 0 Å². The highest BCUT2D eigenvalue weighted by atomic mass is 14.9. The van der Waals surface area contributed by atoms with E-state index in [0.717, 1.165) is 16.7 Å². The summed E-state index contributed by atoms with van der Waals surface area (Å²) < 4.78 is 0. The van der Waals surface area contributed by atoms with Crippen LogP contribution in [0.15, 0.2) is 30.6 Å². The summed E-state index contributed by atoms with van der Waals surface area (Å²) in [6, 6.07) is 6.67. The molecule has 0 spiro atoms. The van der Waals surface area contributed by atoms with Crippen LogP contribution in [-0.4, -0.2) is 16.0 Å². The molecule has 0 aliphatic carbocycles. The van der Waals surface area contributed by atoms with Crippen molar-refractivity contribution in [3.05, 3.63) is 30.6 Å². The summed E-state index contributed by atoms with van der Waals surface area (Å²) in [6.45, 7) is 4.47. The molecule has 18 heavy (non-hydrogen) atoms. The molecule has 0 radical (unpaired) electrons. The molecule has 1 aromatic heterocycles. The van der Waals surface area contributed by atoms with Gasteiger partial charge in [0.05, 0.1) is 11.0 Å². The molecule has 2 aromatic rings. The molecule has 96 valence electrons. The summed E-state index contributed by atoms with van der Waals surface area (Å²) >= 11 is 0. The summed E-state index contributed by atoms with van der Waals surface area (Å²) in [5, 5.41) is 3.53. The lowest BCUT2D eigenvalue weighted by molar-refractivity contribution is 0.615. The first-order valence-electron chi connectivity index (χ1n) is 6.77. The predicted molar refractivity (Wildman–Crippen MR) is 76.8 cm³/mol. The van der Waals surface area contributed by atoms with Gasteiger partial charge in [0.25, 0.3) is 0 Å². The smallest absolute Gasteiger partial charge is 0.0907 e. The quantitative estimate of drug-likeness (QED) is 0.779. The van der Waals surface area contributed by atoms with Gasteiger partial charge in [-0.25, -0.2) is 0 Å². The normalized spacial score (nSPS) is 12.6. The lowest BCUT2D eigenvalue weighted by Gasteiger charge is -2.15. The van der Waals surface area contributed by atoms with E-state index in [-0.39, 0.29) is 0 Å². The first-order chi connectivity index (χ1) is 8.79. The zero-order valence-electron chi connectivity index (χ0n) is 11.2. The van der Waals surface area contributed by atoms with E-state index in [4.69, 9.17) is 0 Å². The van der Waals surface area contributed by atoms with E-state index in [0.29, 0.717) is 6.04 Å². The van der Waals surface area contributed by atoms with E-state index in [1.54, 1.807) is 12.4 Å². The monoisotopic (exact) mass is 243 g/mol. The highest BCUT2D eigenvalue weighted by molar-refractivity contribution is 5.78. The maximum Gasteiger partial charge on any atom is 0.0907 e. The van der Waals surface area contributed by atoms with Crippen molar-refractivity contribution in [2.45, 2.75) is 45.6 Å². The van der Waals surface area contributed by atoms with Crippen molar-refractivity contribution in [3.63, 3.8) is 0 Å². The Labute approximate surface area is 109 Å². The number of hydrogen-bond acceptors (Lipinski definition) is 3. The fourth-order valence-corrected chi connectivity index (χ4v) is 2.11. The Bertz CT molecular complexity index is 496. The third-order valence-electron chi connectivity index (χ3n) is 3.12. The van der Waals surface area contributed by atoms with Crippen molar-refractivity contribution < 1.29 is 0 Å². The lowest BCUT2D eigenvalue weighted by Crippen LogP contribution is -2.14. The Hall–Kier alpha value is -1.64. The minimum atomic E-state index is 0.505. The fourth-order valence-electron chi connectivity index (χ4n) is 2.11. The summed E-state index contributed by atoms with van der Waals surface area (Å²) in [5.74, 6) is 0. The molecule has 0 fully saturated rings. The van der Waals surface area contributed by atoms with Crippen molar-refractivity contribution in [2.75, 3.05) is 5.32 Å². The first-order valence-corrected chi connectivity index (χ1v) is 6.77. The van der Waals surface area contributed by atoms with Gasteiger partial charge in [0, 0.05) is 24.1 Å². The molecule has 3 heteroatoms. The van der Waals surface area contributed by atoms with E-state index in [1.165, 1.54) is 25.7 Å². The zero-order chi connectivity index (χ0) is 12.8. The van der Waals surface area contributed by atoms with Crippen LogP contribution in [-0.2, 0) is 0 Å². The van der Waals surface area contributed by atoms with Crippen LogP contribution in [0.4, 0.5) is 5.69 Å². The Morgan fingerprint density at radius 3 is 2.67 bits per heavy atom. The molecule has 3 nitrogen and oxygen atoms in total. The second-order valence-electron chi connectivity index (χ2n) is 4.80. The molecule has 0 amide bonds. The number of hydrogen-bond donors (Lipinski definition) is 1. The van der Waals surface area contributed by atoms with Crippen LogP contribution in [0.5, 0.6) is 0 Å². The molecule has 0 saturated carbocycles. The van der Waals surface area contributed by atoms with Crippen LogP contribution in [0.25, 0.3) is 11.0 Å². The standard InChI is InChI=1S/C15H21N3/c1-3-4-5-6-12(2)18-13-7-8-14-15(11-13)17-10-9-16-14/h7-12,18H,3-6H2,1-2H3. The number of rotatable bonds is 6. The Balaban J connectivity index is 1.98. The molecule has 1 aromatic carbocycles. The van der Waals surface area contributed by atoms with Gasteiger partial charge in [-0.1, -0.05) is 26.2 Å². The molecule has 1 heterocycles. The van der Waals surface area contributed by atoms with Crippen LogP contribution < -0.4 is 5.32 Å². The fraction of sp³-hybridized carbons (Fsp3) is 0.467. The van der Waals surface area contributed by atoms with E-state index in [1.807, 2.05) is 6.07 Å². The summed E-state index contributed by atoms with van der Waals surface area (Å²) in [5.41, 5.74) is 3.02. The van der Waals surface area contributed by atoms with E-state index >= 15 is 0 Å². The van der Waals surface area contributed by atoms with Crippen molar-refractivity contribution in [2.24, 2.45) is 0 Å². The van der Waals surface area contributed by atoms with Crippen molar-refractivity contribution in [3.8, 4) is 0 Å². The number of anilines is 1. The Morgan fingerprint density at radius 1 is 1.11 bits per heavy atom. The molecule has 0 saturated heterocycles. The van der Waals surface area contributed by atoms with Crippen LogP contribution in [0.3, 0.4) is 0 Å². The number of unbranched alkanes of at least 4 members (excludes halogenated alkanes) is 2. The van der Waals surface area contributed by atoms with Crippen LogP contribution in [0.1, 0.15) is 39.5 Å². The largest absolute Gasteiger partial charge is 0.383 e. The minimum absolute atomic E-state index is 0.505. The number of aromatic nitrogens is 2. The molecule has 1 atom stereocenters. The molecular weight excluding hydrogens is 222 g/mol. The summed E-state index contributed by atoms with van der Waals surface area (Å²) in [4.78, 5) is 8.59. The van der Waals surface area contributed by atoms with Gasteiger partial charge in [0.2, 0.25) is 0 Å². The Morgan fingerprint density at radius 2 is 1.89 bits per heavy atom. The molecule has 1 unspecified atom stereocenters. The minimum Gasteiger partial charge on any atom is -0.383 e. The predicted octanol–water partition coefficient (Wildman–Crippen LogP) is 4.01. The van der Waals surface area contributed by atoms with Gasteiger partial charge in [0.15, 0.2) is 0 Å². The topological polar surface area (TPSA) is 37.8 Å². The van der Waals surface area contributed by atoms with Gasteiger partial charge >= 0.3 is 0 Å². The van der Waals surface area contributed by atoms with E-state index < -0.39 is 0 Å². The Kier molecular flexibility index (Phi) is 4.51. The van der Waals surface area contributed by atoms with Gasteiger partial charge in [-0.3, -0.25) is 9.97 Å². The maximum absolute atomic E-state index is 4.32. The van der Waals surface area contributed by atoms with Gasteiger partial charge < -0.3 is 5.32 Å². The van der Waals surface area contributed by atoms with Gasteiger partial charge in [0.1, 0.15) is 0 Å². The second kappa shape index (κ2) is 6.34. The zero-order valence-corrected chi connectivity index (χ0v) is 11.2. The highest BCUT2D eigenvalue weighted by Gasteiger charge is 2.03. The average molecular weight is 243 g/mol. The number of benzene rings is 1. The number of fused-ring (bicyclic) bond motifs is 1. The SMILES string of the molecule is CCCCCC(C)Nc1ccc2nccnc2c1. The third-order valence-corrected chi connectivity index (χ3v) is 3.12. The maximum atomic E-state index is 4.32. The van der Waals surface area contributed by atoms with Crippen molar-refractivity contribution >= 4 is 16.7 Å². The second-order valence-corrected chi connectivity index (χ2v) is 4.80. The van der Waals surface area contributed by atoms with Crippen molar-refractivity contribution in [1.82, 2.24) is 9.97 Å². The van der Waals surface area contributed by atoms with Gasteiger partial charge in [-0.15, -0.1) is 0 Å². The molecule has 0 bridgehead atoms. The number of nitrogens with one attached hydrogen (secondary N) is 1. The van der Waals surface area contributed by atoms with Crippen molar-refractivity contribution in [1.29, 1.82) is 0 Å². The third kappa shape index (κ3) is 3.42. The van der Waals surface area contributed by atoms with Crippen LogP contribution in [0, 0.1) is 0 Å². The van der Waals surface area contributed by atoms with Gasteiger partial charge in [-0.05, 0) is 31.5 Å². The average Bonchev–Trinajstić information content (AvgIpc) is 2.39. The highest BCUT2D eigenvalue weighted by Crippen LogP contribution is 2.17. The molecule has 2 rings (SSSR count). The molecular formula is C15H21N3. The number of nitrogens with zero attached hydrogens (tertiary/aromatic N) is 2. The molecule has 0 aliphatic heterocycles. The van der Waals surface area contributed by atoms with Crippen LogP contribution >= 0.6 is 0 Å². The van der Waals surface area contributed by atoms with Gasteiger partial charge in [-0.2, -0.15) is 0 Å². The lowest BCUT2D eigenvalue weighted by atomic mass is 10.1. The van der Waals surface area contributed by atoms with Crippen LogP contribution in [0.2, 0.25) is 0 Å². The van der Waals surface area contributed by atoms with E-state index in [2.05, 4.69) is 41.3 Å². The summed E-state index contributed by atoms with van der Waals surface area (Å²) in [6.07, 6.45) is 8.55. The molecule has 1 N–H and O–H groups in total.